The van der Waals surface area contributed by atoms with Crippen LogP contribution in [0.25, 0.3) is 16.6 Å². The standard InChI is InChI=1S/C20H23N5O2/c1-13-4-5-15-10-16(19-21-22-23-25(19)18(15)9-13)11-24(20(26)14-6-7-14)12-17-3-2-8-27-17/h4-5,9-10,14,17H,2-3,6-8,11-12H2,1H3. The van der Waals surface area contributed by atoms with Crippen LogP contribution in [-0.4, -0.2) is 50.1 Å². The molecule has 3 aromatic rings. The lowest BCUT2D eigenvalue weighted by atomic mass is 10.1. The van der Waals surface area contributed by atoms with Gasteiger partial charge in [-0.1, -0.05) is 12.1 Å². The molecule has 1 saturated heterocycles. The third kappa shape index (κ3) is 3.16. The molecule has 0 bridgehead atoms. The maximum Gasteiger partial charge on any atom is 0.226 e. The summed E-state index contributed by atoms with van der Waals surface area (Å²) in [4.78, 5) is 14.8. The Labute approximate surface area is 157 Å². The van der Waals surface area contributed by atoms with Gasteiger partial charge in [0, 0.05) is 36.6 Å². The molecule has 0 spiro atoms. The van der Waals surface area contributed by atoms with Gasteiger partial charge in [-0.25, -0.2) is 0 Å². The molecular formula is C20H23N5O2. The highest BCUT2D eigenvalue weighted by atomic mass is 16.5. The molecule has 140 valence electrons. The average Bonchev–Trinajstić information content (AvgIpc) is 3.16. The van der Waals surface area contributed by atoms with Crippen molar-refractivity contribution in [1.29, 1.82) is 0 Å². The first-order valence-corrected chi connectivity index (χ1v) is 9.70. The second kappa shape index (κ2) is 6.56. The molecule has 2 fully saturated rings. The first-order chi connectivity index (χ1) is 13.2. The van der Waals surface area contributed by atoms with Gasteiger partial charge in [0.15, 0.2) is 5.65 Å². The number of benzene rings is 1. The van der Waals surface area contributed by atoms with E-state index in [4.69, 9.17) is 4.74 Å². The van der Waals surface area contributed by atoms with Crippen molar-refractivity contribution in [3.8, 4) is 0 Å². The zero-order valence-electron chi connectivity index (χ0n) is 15.5. The summed E-state index contributed by atoms with van der Waals surface area (Å²) in [5.41, 5.74) is 3.84. The van der Waals surface area contributed by atoms with Crippen LogP contribution in [0.1, 0.15) is 36.8 Å². The van der Waals surface area contributed by atoms with Crippen molar-refractivity contribution in [2.45, 2.75) is 45.3 Å². The predicted molar refractivity (Wildman–Crippen MR) is 100 cm³/mol. The number of aromatic nitrogens is 4. The van der Waals surface area contributed by atoms with Gasteiger partial charge >= 0.3 is 0 Å². The van der Waals surface area contributed by atoms with Gasteiger partial charge in [0.2, 0.25) is 5.91 Å². The van der Waals surface area contributed by atoms with Crippen molar-refractivity contribution in [1.82, 2.24) is 24.9 Å². The van der Waals surface area contributed by atoms with Crippen molar-refractivity contribution in [2.24, 2.45) is 5.92 Å². The maximum atomic E-state index is 12.9. The molecule has 1 aliphatic heterocycles. The van der Waals surface area contributed by atoms with Crippen molar-refractivity contribution in [2.75, 3.05) is 13.2 Å². The predicted octanol–water partition coefficient (Wildman–Crippen LogP) is 2.50. The summed E-state index contributed by atoms with van der Waals surface area (Å²) in [5, 5.41) is 13.4. The van der Waals surface area contributed by atoms with Crippen LogP contribution in [-0.2, 0) is 16.1 Å². The number of rotatable bonds is 5. The minimum Gasteiger partial charge on any atom is -0.376 e. The zero-order chi connectivity index (χ0) is 18.4. The normalized spacial score (nSPS) is 19.8. The number of aryl methyl sites for hydroxylation is 1. The Morgan fingerprint density at radius 1 is 1.30 bits per heavy atom. The Kier molecular flexibility index (Phi) is 4.04. The van der Waals surface area contributed by atoms with Gasteiger partial charge < -0.3 is 9.64 Å². The number of pyridine rings is 1. The average molecular weight is 365 g/mol. The number of amides is 1. The number of tetrazole rings is 1. The molecule has 7 heteroatoms. The Hall–Kier alpha value is -2.54. The molecule has 5 rings (SSSR count). The summed E-state index contributed by atoms with van der Waals surface area (Å²) in [6.07, 6.45) is 4.24. The van der Waals surface area contributed by atoms with Crippen molar-refractivity contribution < 1.29 is 9.53 Å². The molecule has 27 heavy (non-hydrogen) atoms. The topological polar surface area (TPSA) is 72.6 Å². The van der Waals surface area contributed by atoms with Gasteiger partial charge in [-0.15, -0.1) is 5.10 Å². The second-order valence-corrected chi connectivity index (χ2v) is 7.77. The van der Waals surface area contributed by atoms with Crippen LogP contribution < -0.4 is 0 Å². The van der Waals surface area contributed by atoms with Gasteiger partial charge in [0.05, 0.1) is 11.6 Å². The van der Waals surface area contributed by atoms with Crippen LogP contribution in [0, 0.1) is 12.8 Å². The fourth-order valence-corrected chi connectivity index (χ4v) is 3.94. The highest BCUT2D eigenvalue weighted by Crippen LogP contribution is 2.32. The van der Waals surface area contributed by atoms with Gasteiger partial charge in [-0.05, 0) is 60.7 Å². The molecule has 7 nitrogen and oxygen atoms in total. The third-order valence-electron chi connectivity index (χ3n) is 5.55. The number of fused-ring (bicyclic) bond motifs is 3. The smallest absolute Gasteiger partial charge is 0.226 e. The zero-order valence-corrected chi connectivity index (χ0v) is 15.5. The van der Waals surface area contributed by atoms with Crippen LogP contribution in [0.4, 0.5) is 0 Å². The minimum absolute atomic E-state index is 0.142. The highest BCUT2D eigenvalue weighted by Gasteiger charge is 2.35. The van der Waals surface area contributed by atoms with E-state index in [0.29, 0.717) is 18.7 Å². The molecular weight excluding hydrogens is 342 g/mol. The number of carbonyl (C=O) groups excluding carboxylic acids is 1. The summed E-state index contributed by atoms with van der Waals surface area (Å²) < 4.78 is 7.57. The van der Waals surface area contributed by atoms with Gasteiger partial charge in [0.25, 0.3) is 0 Å². The lowest BCUT2D eigenvalue weighted by Gasteiger charge is -2.26. The van der Waals surface area contributed by atoms with Crippen molar-refractivity contribution in [3.63, 3.8) is 0 Å². The SMILES string of the molecule is Cc1ccc2cc(CN(CC3CCCO3)C(=O)C3CC3)c3nnnn3c2c1. The minimum atomic E-state index is 0.142. The van der Waals surface area contributed by atoms with E-state index in [1.54, 1.807) is 4.52 Å². The fraction of sp³-hybridized carbons (Fsp3) is 0.500. The van der Waals surface area contributed by atoms with E-state index < -0.39 is 0 Å². The molecule has 1 aliphatic carbocycles. The molecule has 1 atom stereocenters. The summed E-state index contributed by atoms with van der Waals surface area (Å²) in [7, 11) is 0. The van der Waals surface area contributed by atoms with Crippen LogP contribution in [0.15, 0.2) is 24.3 Å². The Balaban J connectivity index is 1.52. The number of carbonyl (C=O) groups is 1. The second-order valence-electron chi connectivity index (χ2n) is 7.77. The van der Waals surface area contributed by atoms with Gasteiger partial charge in [-0.3, -0.25) is 4.79 Å². The molecule has 2 aliphatic rings. The monoisotopic (exact) mass is 365 g/mol. The molecule has 1 saturated carbocycles. The molecule has 3 heterocycles. The number of hydrogen-bond donors (Lipinski definition) is 0. The van der Waals surface area contributed by atoms with Crippen molar-refractivity contribution in [3.05, 3.63) is 35.4 Å². The Morgan fingerprint density at radius 3 is 2.96 bits per heavy atom. The van der Waals surface area contributed by atoms with E-state index in [0.717, 1.165) is 54.3 Å². The maximum absolute atomic E-state index is 12.9. The molecule has 0 N–H and O–H groups in total. The van der Waals surface area contributed by atoms with Crippen LogP contribution in [0.5, 0.6) is 0 Å². The third-order valence-corrected chi connectivity index (χ3v) is 5.55. The molecule has 1 unspecified atom stereocenters. The summed E-state index contributed by atoms with van der Waals surface area (Å²) in [6, 6.07) is 8.37. The molecule has 0 radical (unpaired) electrons. The van der Waals surface area contributed by atoms with E-state index in [-0.39, 0.29) is 17.9 Å². The van der Waals surface area contributed by atoms with Gasteiger partial charge in [-0.2, -0.15) is 4.52 Å². The Bertz CT molecular complexity index is 1000. The Morgan fingerprint density at radius 2 is 2.19 bits per heavy atom. The van der Waals surface area contributed by atoms with E-state index >= 15 is 0 Å². The first-order valence-electron chi connectivity index (χ1n) is 9.70. The van der Waals surface area contributed by atoms with Gasteiger partial charge in [0.1, 0.15) is 0 Å². The van der Waals surface area contributed by atoms with E-state index in [9.17, 15) is 4.79 Å². The quantitative estimate of drug-likeness (QED) is 0.695. The first kappa shape index (κ1) is 16.6. The summed E-state index contributed by atoms with van der Waals surface area (Å²) in [6.45, 7) is 4.02. The largest absolute Gasteiger partial charge is 0.376 e. The van der Waals surface area contributed by atoms with E-state index in [2.05, 4.69) is 46.7 Å². The highest BCUT2D eigenvalue weighted by molar-refractivity contribution is 5.84. The summed E-state index contributed by atoms with van der Waals surface area (Å²) >= 11 is 0. The lowest BCUT2D eigenvalue weighted by Crippen LogP contribution is -2.38. The summed E-state index contributed by atoms with van der Waals surface area (Å²) in [5.74, 6) is 0.418. The van der Waals surface area contributed by atoms with Crippen LogP contribution in [0.2, 0.25) is 0 Å². The number of hydrogen-bond acceptors (Lipinski definition) is 5. The van der Waals surface area contributed by atoms with Crippen LogP contribution in [0.3, 0.4) is 0 Å². The van der Waals surface area contributed by atoms with Crippen LogP contribution >= 0.6 is 0 Å². The molecule has 2 aromatic heterocycles. The lowest BCUT2D eigenvalue weighted by molar-refractivity contribution is -0.134. The number of ether oxygens (including phenoxy) is 1. The molecule has 1 aromatic carbocycles. The number of nitrogens with zero attached hydrogens (tertiary/aromatic N) is 5. The van der Waals surface area contributed by atoms with Crippen molar-refractivity contribution >= 4 is 22.5 Å². The van der Waals surface area contributed by atoms with E-state index in [1.165, 1.54) is 0 Å². The van der Waals surface area contributed by atoms with E-state index in [1.807, 2.05) is 4.90 Å². The fourth-order valence-electron chi connectivity index (χ4n) is 3.94. The molecule has 1 amide bonds.